The Balaban J connectivity index is 4.61. The highest BCUT2D eigenvalue weighted by molar-refractivity contribution is 5.88. The lowest BCUT2D eigenvalue weighted by Crippen LogP contribution is -2.49. The maximum absolute atomic E-state index is 13.8. The molecule has 1 unspecified atom stereocenters. The highest BCUT2D eigenvalue weighted by atomic mass is 16.4. The van der Waals surface area contributed by atoms with Crippen LogP contribution in [0.4, 0.5) is 0 Å². The Bertz CT molecular complexity index is 723. The van der Waals surface area contributed by atoms with Gasteiger partial charge in [0.2, 0.25) is 11.8 Å². The van der Waals surface area contributed by atoms with Crippen molar-refractivity contribution in [3.63, 3.8) is 0 Å². The van der Waals surface area contributed by atoms with Gasteiger partial charge in [0.25, 0.3) is 0 Å². The topological polar surface area (TPSA) is 86.7 Å². The molecule has 0 aliphatic rings. The molecule has 0 fully saturated rings. The van der Waals surface area contributed by atoms with E-state index in [2.05, 4.69) is 26.1 Å². The molecule has 6 heteroatoms. The number of carbonyl (C=O) groups is 3. The summed E-state index contributed by atoms with van der Waals surface area (Å²) >= 11 is 0. The van der Waals surface area contributed by atoms with Crippen LogP contribution < -0.4 is 5.32 Å². The third-order valence-corrected chi connectivity index (χ3v) is 10.2. The summed E-state index contributed by atoms with van der Waals surface area (Å²) in [6.07, 6.45) is 39.1. The second kappa shape index (κ2) is 37.7. The summed E-state index contributed by atoms with van der Waals surface area (Å²) in [6.45, 7) is 8.15. The van der Waals surface area contributed by atoms with Crippen LogP contribution in [0.3, 0.4) is 0 Å². The van der Waals surface area contributed by atoms with Crippen molar-refractivity contribution < 1.29 is 19.5 Å². The highest BCUT2D eigenvalue weighted by Crippen LogP contribution is 2.16. The van der Waals surface area contributed by atoms with E-state index in [1.807, 2.05) is 4.90 Å². The zero-order valence-electron chi connectivity index (χ0n) is 33.2. The summed E-state index contributed by atoms with van der Waals surface area (Å²) in [5.74, 6) is -1.12. The van der Waals surface area contributed by atoms with Crippen LogP contribution in [0.15, 0.2) is 0 Å². The Morgan fingerprint density at radius 3 is 1.08 bits per heavy atom. The van der Waals surface area contributed by atoms with Crippen LogP contribution in [0.25, 0.3) is 0 Å². The molecule has 0 rings (SSSR count). The first kappa shape index (κ1) is 47.4. The normalized spacial score (nSPS) is 11.9. The van der Waals surface area contributed by atoms with Crippen molar-refractivity contribution in [2.45, 2.75) is 245 Å². The molecule has 1 atom stereocenters. The maximum Gasteiger partial charge on any atom is 0.303 e. The molecule has 0 aromatic carbocycles. The number of nitrogens with one attached hydrogen (secondary N) is 1. The molecule has 0 aliphatic heterocycles. The molecule has 0 saturated heterocycles. The fourth-order valence-electron chi connectivity index (χ4n) is 6.87. The smallest absolute Gasteiger partial charge is 0.303 e. The molecule has 0 radical (unpaired) electrons. The Kier molecular flexibility index (Phi) is 36.4. The lowest BCUT2D eigenvalue weighted by molar-refractivity contribution is -0.139. The second-order valence-corrected chi connectivity index (χ2v) is 15.0. The first-order chi connectivity index (χ1) is 24.0. The number of hydrogen-bond acceptors (Lipinski definition) is 3. The Morgan fingerprint density at radius 1 is 0.449 bits per heavy atom. The van der Waals surface area contributed by atoms with Crippen molar-refractivity contribution in [3.05, 3.63) is 0 Å². The van der Waals surface area contributed by atoms with Crippen LogP contribution in [0.5, 0.6) is 0 Å². The molecule has 0 aromatic heterocycles. The largest absolute Gasteiger partial charge is 0.481 e. The van der Waals surface area contributed by atoms with Crippen LogP contribution in [-0.4, -0.2) is 46.9 Å². The molecule has 0 spiro atoms. The number of unbranched alkanes of at least 4 members (excludes halogenated alkanes) is 28. The zero-order chi connectivity index (χ0) is 36.0. The van der Waals surface area contributed by atoms with E-state index < -0.39 is 12.0 Å². The zero-order valence-corrected chi connectivity index (χ0v) is 33.2. The minimum absolute atomic E-state index is 0.0861. The summed E-state index contributed by atoms with van der Waals surface area (Å²) in [4.78, 5) is 40.1. The predicted molar refractivity (Wildman–Crippen MR) is 210 cm³/mol. The van der Waals surface area contributed by atoms with Gasteiger partial charge in [0.15, 0.2) is 0 Å². The van der Waals surface area contributed by atoms with Gasteiger partial charge in [0, 0.05) is 25.9 Å². The molecule has 2 N–H and O–H groups in total. The molecule has 2 amide bonds. The Labute approximate surface area is 305 Å². The molecule has 0 aliphatic carbocycles. The standard InChI is InChI=1S/C43H84N2O4/c1-4-7-10-13-16-19-20-21-22-23-24-25-26-29-32-35-41(46)44-40(36-37-42(47)48)43(49)45(38-33-30-27-17-14-11-8-5-2)39-34-31-28-18-15-12-9-6-3/h40H,4-39H2,1-3H3,(H,44,46)(H,47,48). The van der Waals surface area contributed by atoms with Gasteiger partial charge in [0.05, 0.1) is 0 Å². The van der Waals surface area contributed by atoms with Gasteiger partial charge in [-0.15, -0.1) is 0 Å². The van der Waals surface area contributed by atoms with Gasteiger partial charge in [0.1, 0.15) is 6.04 Å². The first-order valence-corrected chi connectivity index (χ1v) is 21.8. The number of carbonyl (C=O) groups excluding carboxylic acids is 2. The number of rotatable bonds is 39. The van der Waals surface area contributed by atoms with E-state index in [9.17, 15) is 19.5 Å². The number of aliphatic carboxylic acids is 1. The molecular formula is C43H84N2O4. The summed E-state index contributed by atoms with van der Waals surface area (Å²) in [5, 5.41) is 12.4. The third-order valence-electron chi connectivity index (χ3n) is 10.2. The Hall–Kier alpha value is -1.59. The molecule has 0 saturated carbocycles. The van der Waals surface area contributed by atoms with Gasteiger partial charge in [-0.2, -0.15) is 0 Å². The fraction of sp³-hybridized carbons (Fsp3) is 0.930. The third kappa shape index (κ3) is 33.3. The van der Waals surface area contributed by atoms with Crippen LogP contribution in [-0.2, 0) is 14.4 Å². The van der Waals surface area contributed by atoms with E-state index in [0.717, 1.165) is 44.9 Å². The van der Waals surface area contributed by atoms with Crippen LogP contribution in [0.2, 0.25) is 0 Å². The van der Waals surface area contributed by atoms with Gasteiger partial charge < -0.3 is 15.3 Å². The fourth-order valence-corrected chi connectivity index (χ4v) is 6.87. The molecule has 0 aromatic rings. The van der Waals surface area contributed by atoms with Gasteiger partial charge in [-0.3, -0.25) is 14.4 Å². The molecule has 0 heterocycles. The summed E-state index contributed by atoms with van der Waals surface area (Å²) in [7, 11) is 0. The number of hydrogen-bond donors (Lipinski definition) is 2. The van der Waals surface area contributed by atoms with E-state index in [4.69, 9.17) is 0 Å². The monoisotopic (exact) mass is 693 g/mol. The molecule has 49 heavy (non-hydrogen) atoms. The minimum atomic E-state index is -0.924. The quantitative estimate of drug-likeness (QED) is 0.0628. The maximum atomic E-state index is 13.8. The SMILES string of the molecule is CCCCCCCCCCCCCCCCCC(=O)NC(CCC(=O)O)C(=O)N(CCCCCCCCCC)CCCCCCCCCC. The molecule has 0 bridgehead atoms. The van der Waals surface area contributed by atoms with Gasteiger partial charge in [-0.25, -0.2) is 0 Å². The van der Waals surface area contributed by atoms with E-state index >= 15 is 0 Å². The molecular weight excluding hydrogens is 608 g/mol. The van der Waals surface area contributed by atoms with Crippen LogP contribution in [0, 0.1) is 0 Å². The lowest BCUT2D eigenvalue weighted by atomic mass is 10.0. The number of carboxylic acid groups (broad SMARTS) is 1. The van der Waals surface area contributed by atoms with Crippen LogP contribution >= 0.6 is 0 Å². The number of nitrogens with zero attached hydrogens (tertiary/aromatic N) is 1. The summed E-state index contributed by atoms with van der Waals surface area (Å²) in [5.41, 5.74) is 0. The molecule has 6 nitrogen and oxygen atoms in total. The lowest BCUT2D eigenvalue weighted by Gasteiger charge is -2.28. The average Bonchev–Trinajstić information content (AvgIpc) is 3.09. The van der Waals surface area contributed by atoms with Crippen molar-refractivity contribution in [3.8, 4) is 0 Å². The van der Waals surface area contributed by atoms with E-state index in [1.165, 1.54) is 154 Å². The van der Waals surface area contributed by atoms with Gasteiger partial charge in [-0.1, -0.05) is 201 Å². The van der Waals surface area contributed by atoms with Gasteiger partial charge >= 0.3 is 5.97 Å². The van der Waals surface area contributed by atoms with Crippen LogP contribution in [0.1, 0.15) is 239 Å². The van der Waals surface area contributed by atoms with Crippen molar-refractivity contribution in [1.82, 2.24) is 10.2 Å². The first-order valence-electron chi connectivity index (χ1n) is 21.8. The van der Waals surface area contributed by atoms with Crippen molar-refractivity contribution in [1.29, 1.82) is 0 Å². The van der Waals surface area contributed by atoms with Crippen molar-refractivity contribution in [2.24, 2.45) is 0 Å². The average molecular weight is 693 g/mol. The predicted octanol–water partition coefficient (Wildman–Crippen LogP) is 12.7. The summed E-state index contributed by atoms with van der Waals surface area (Å²) < 4.78 is 0. The van der Waals surface area contributed by atoms with Crippen molar-refractivity contribution >= 4 is 17.8 Å². The summed E-state index contributed by atoms with van der Waals surface area (Å²) in [6, 6.07) is -0.747. The molecule has 290 valence electrons. The van der Waals surface area contributed by atoms with E-state index in [0.29, 0.717) is 19.5 Å². The van der Waals surface area contributed by atoms with E-state index in [1.54, 1.807) is 0 Å². The second-order valence-electron chi connectivity index (χ2n) is 15.0. The van der Waals surface area contributed by atoms with Crippen molar-refractivity contribution in [2.75, 3.05) is 13.1 Å². The minimum Gasteiger partial charge on any atom is -0.481 e. The number of carboxylic acids is 1. The van der Waals surface area contributed by atoms with Gasteiger partial charge in [-0.05, 0) is 25.7 Å². The Morgan fingerprint density at radius 2 is 0.755 bits per heavy atom. The van der Waals surface area contributed by atoms with E-state index in [-0.39, 0.29) is 24.7 Å². The highest BCUT2D eigenvalue weighted by Gasteiger charge is 2.26. The number of amides is 2.